The number of hydrogen-bond donors (Lipinski definition) is 1. The molecule has 1 N–H and O–H groups in total. The van der Waals surface area contributed by atoms with Crippen LogP contribution in [0.1, 0.15) is 25.8 Å². The lowest BCUT2D eigenvalue weighted by Gasteiger charge is -2.39. The van der Waals surface area contributed by atoms with Crippen molar-refractivity contribution in [3.05, 3.63) is 35.9 Å². The third-order valence-electron chi connectivity index (χ3n) is 4.49. The highest BCUT2D eigenvalue weighted by atomic mass is 16.7. The number of likely N-dealkylation sites (N-methyl/N-ethyl adjacent to an activating group) is 1. The molecule has 0 aromatic heterocycles. The zero-order valence-electron chi connectivity index (χ0n) is 14.3. The lowest BCUT2D eigenvalue weighted by Crippen LogP contribution is -2.56. The molecular formula is C18H24N2O4. The maximum atomic E-state index is 13.0. The highest BCUT2D eigenvalue weighted by Gasteiger charge is 2.55. The van der Waals surface area contributed by atoms with Crippen LogP contribution in [0.3, 0.4) is 0 Å². The molecule has 6 heteroatoms. The van der Waals surface area contributed by atoms with Crippen molar-refractivity contribution < 1.29 is 19.1 Å². The summed E-state index contributed by atoms with van der Waals surface area (Å²) in [4.78, 5) is 26.8. The summed E-state index contributed by atoms with van der Waals surface area (Å²) in [6, 6.07) is 9.66. The molecule has 3 rings (SSSR count). The molecule has 2 bridgehead atoms. The minimum absolute atomic E-state index is 0.174. The standard InChI is InChI=1S/C18H24N2O4/c1-11(2)9-13-18-23-14(16(21)19-3)15(24-18)17(22)20(13)10-12-7-5-4-6-8-12/h4-8,11,13-15,18H,9-10H2,1-3H3,(H,19,21)/t13-,14-,15+,18+/m0/s1. The first-order valence-corrected chi connectivity index (χ1v) is 8.38. The molecule has 6 nitrogen and oxygen atoms in total. The Bertz CT molecular complexity index is 604. The van der Waals surface area contributed by atoms with Crippen LogP contribution in [0, 0.1) is 5.92 Å². The Hall–Kier alpha value is -1.92. The van der Waals surface area contributed by atoms with E-state index in [4.69, 9.17) is 9.47 Å². The number of rotatable bonds is 5. The molecule has 0 unspecified atom stereocenters. The number of carbonyl (C=O) groups is 2. The van der Waals surface area contributed by atoms with Crippen LogP contribution in [0.4, 0.5) is 0 Å². The molecule has 2 heterocycles. The van der Waals surface area contributed by atoms with Crippen LogP contribution < -0.4 is 5.32 Å². The Morgan fingerprint density at radius 2 is 1.96 bits per heavy atom. The van der Waals surface area contributed by atoms with Crippen molar-refractivity contribution in [1.82, 2.24) is 10.2 Å². The van der Waals surface area contributed by atoms with Gasteiger partial charge in [-0.05, 0) is 17.9 Å². The molecule has 0 spiro atoms. The molecule has 2 amide bonds. The zero-order valence-corrected chi connectivity index (χ0v) is 14.3. The zero-order chi connectivity index (χ0) is 17.3. The van der Waals surface area contributed by atoms with E-state index in [0.29, 0.717) is 12.5 Å². The van der Waals surface area contributed by atoms with Crippen molar-refractivity contribution in [2.24, 2.45) is 5.92 Å². The summed E-state index contributed by atoms with van der Waals surface area (Å²) in [7, 11) is 1.53. The molecule has 0 saturated carbocycles. The molecule has 2 fully saturated rings. The highest BCUT2D eigenvalue weighted by Crippen LogP contribution is 2.35. The van der Waals surface area contributed by atoms with Crippen molar-refractivity contribution >= 4 is 11.8 Å². The van der Waals surface area contributed by atoms with Gasteiger partial charge in [-0.25, -0.2) is 0 Å². The second-order valence-corrected chi connectivity index (χ2v) is 6.74. The van der Waals surface area contributed by atoms with Crippen LogP contribution in [-0.2, 0) is 25.6 Å². The molecule has 1 aromatic carbocycles. The quantitative estimate of drug-likeness (QED) is 0.882. The molecule has 2 aliphatic rings. The van der Waals surface area contributed by atoms with Crippen LogP contribution in [0.5, 0.6) is 0 Å². The number of hydrogen-bond acceptors (Lipinski definition) is 4. The van der Waals surface area contributed by atoms with Gasteiger partial charge in [0, 0.05) is 13.6 Å². The Labute approximate surface area is 142 Å². The van der Waals surface area contributed by atoms with Gasteiger partial charge in [0.05, 0.1) is 6.04 Å². The first-order valence-electron chi connectivity index (χ1n) is 8.38. The van der Waals surface area contributed by atoms with Crippen molar-refractivity contribution in [2.45, 2.75) is 51.4 Å². The molecule has 4 atom stereocenters. The van der Waals surface area contributed by atoms with Gasteiger partial charge in [0.15, 0.2) is 18.5 Å². The molecule has 2 saturated heterocycles. The number of fused-ring (bicyclic) bond motifs is 2. The molecule has 24 heavy (non-hydrogen) atoms. The number of morpholine rings is 1. The fraction of sp³-hybridized carbons (Fsp3) is 0.556. The summed E-state index contributed by atoms with van der Waals surface area (Å²) in [5, 5.41) is 2.55. The predicted molar refractivity (Wildman–Crippen MR) is 87.8 cm³/mol. The highest BCUT2D eigenvalue weighted by molar-refractivity contribution is 5.92. The average Bonchev–Trinajstić information content (AvgIpc) is 2.98. The van der Waals surface area contributed by atoms with Gasteiger partial charge in [-0.2, -0.15) is 0 Å². The summed E-state index contributed by atoms with van der Waals surface area (Å²) >= 11 is 0. The molecule has 0 aliphatic carbocycles. The fourth-order valence-electron chi connectivity index (χ4n) is 3.34. The average molecular weight is 332 g/mol. The molecule has 2 aliphatic heterocycles. The van der Waals surface area contributed by atoms with Gasteiger partial charge in [0.25, 0.3) is 11.8 Å². The van der Waals surface area contributed by atoms with Gasteiger partial charge >= 0.3 is 0 Å². The molecule has 1 aromatic rings. The van der Waals surface area contributed by atoms with Gasteiger partial charge < -0.3 is 19.7 Å². The predicted octanol–water partition coefficient (Wildman–Crippen LogP) is 1.30. The van der Waals surface area contributed by atoms with Crippen molar-refractivity contribution in [2.75, 3.05) is 7.05 Å². The van der Waals surface area contributed by atoms with Gasteiger partial charge in [0.2, 0.25) is 0 Å². The normalized spacial score (nSPS) is 29.2. The van der Waals surface area contributed by atoms with E-state index in [1.807, 2.05) is 35.2 Å². The van der Waals surface area contributed by atoms with Crippen molar-refractivity contribution in [3.63, 3.8) is 0 Å². The van der Waals surface area contributed by atoms with Gasteiger partial charge in [-0.15, -0.1) is 0 Å². The van der Waals surface area contributed by atoms with E-state index in [1.165, 1.54) is 7.05 Å². The number of amides is 2. The second-order valence-electron chi connectivity index (χ2n) is 6.74. The first kappa shape index (κ1) is 16.9. The minimum Gasteiger partial charge on any atom is -0.357 e. The van der Waals surface area contributed by atoms with E-state index in [1.54, 1.807) is 0 Å². The number of ether oxygens (including phenoxy) is 2. The summed E-state index contributed by atoms with van der Waals surface area (Å²) in [5.41, 5.74) is 1.05. The Morgan fingerprint density at radius 1 is 1.25 bits per heavy atom. The second kappa shape index (κ2) is 6.91. The van der Waals surface area contributed by atoms with Crippen molar-refractivity contribution in [1.29, 1.82) is 0 Å². The summed E-state index contributed by atoms with van der Waals surface area (Å²) in [5.74, 6) is -0.114. The Balaban J connectivity index is 1.87. The van der Waals surface area contributed by atoms with Gasteiger partial charge in [-0.1, -0.05) is 44.2 Å². The Morgan fingerprint density at radius 3 is 2.58 bits per heavy atom. The largest absolute Gasteiger partial charge is 0.357 e. The smallest absolute Gasteiger partial charge is 0.255 e. The summed E-state index contributed by atoms with van der Waals surface area (Å²) < 4.78 is 11.5. The van der Waals surface area contributed by atoms with Crippen LogP contribution in [-0.4, -0.2) is 48.3 Å². The van der Waals surface area contributed by atoms with E-state index in [2.05, 4.69) is 19.2 Å². The summed E-state index contributed by atoms with van der Waals surface area (Å²) in [6.07, 6.45) is -1.53. The first-order chi connectivity index (χ1) is 11.5. The fourth-order valence-corrected chi connectivity index (χ4v) is 3.34. The van der Waals surface area contributed by atoms with Crippen molar-refractivity contribution in [3.8, 4) is 0 Å². The number of carbonyl (C=O) groups excluding carboxylic acids is 2. The van der Waals surface area contributed by atoms with E-state index < -0.39 is 18.5 Å². The van der Waals surface area contributed by atoms with E-state index >= 15 is 0 Å². The third kappa shape index (κ3) is 3.16. The van der Waals surface area contributed by atoms with Crippen LogP contribution in [0.2, 0.25) is 0 Å². The van der Waals surface area contributed by atoms with E-state index in [0.717, 1.165) is 12.0 Å². The lowest BCUT2D eigenvalue weighted by molar-refractivity contribution is -0.179. The van der Waals surface area contributed by atoms with Crippen LogP contribution in [0.25, 0.3) is 0 Å². The molecular weight excluding hydrogens is 308 g/mol. The third-order valence-corrected chi connectivity index (χ3v) is 4.49. The topological polar surface area (TPSA) is 67.9 Å². The number of benzene rings is 1. The monoisotopic (exact) mass is 332 g/mol. The molecule has 130 valence electrons. The number of nitrogens with zero attached hydrogens (tertiary/aromatic N) is 1. The van der Waals surface area contributed by atoms with E-state index in [-0.39, 0.29) is 17.9 Å². The molecule has 0 radical (unpaired) electrons. The van der Waals surface area contributed by atoms with E-state index in [9.17, 15) is 9.59 Å². The van der Waals surface area contributed by atoms with Gasteiger partial charge in [-0.3, -0.25) is 9.59 Å². The minimum atomic E-state index is -0.872. The SMILES string of the molecule is CNC(=O)[C@H]1O[C@@H]2O[C@H]1C(=O)N(Cc1ccccc1)[C@H]2CC(C)C. The number of nitrogens with one attached hydrogen (secondary N) is 1. The lowest BCUT2D eigenvalue weighted by atomic mass is 9.99. The maximum Gasteiger partial charge on any atom is 0.255 e. The maximum absolute atomic E-state index is 13.0. The van der Waals surface area contributed by atoms with Crippen LogP contribution >= 0.6 is 0 Å². The van der Waals surface area contributed by atoms with Gasteiger partial charge in [0.1, 0.15) is 0 Å². The Kier molecular flexibility index (Phi) is 4.87. The van der Waals surface area contributed by atoms with Crippen LogP contribution in [0.15, 0.2) is 30.3 Å². The summed E-state index contributed by atoms with van der Waals surface area (Å²) in [6.45, 7) is 4.70.